The third-order valence-corrected chi connectivity index (χ3v) is 4.92. The summed E-state index contributed by atoms with van der Waals surface area (Å²) in [5, 5.41) is 0. The first-order valence-electron chi connectivity index (χ1n) is 9.21. The van der Waals surface area contributed by atoms with E-state index in [-0.39, 0.29) is 11.8 Å². The van der Waals surface area contributed by atoms with Gasteiger partial charge in [-0.2, -0.15) is 0 Å². The Bertz CT molecular complexity index is 868. The summed E-state index contributed by atoms with van der Waals surface area (Å²) in [6.07, 6.45) is 2.04. The predicted octanol–water partition coefficient (Wildman–Crippen LogP) is 3.98. The van der Waals surface area contributed by atoms with Gasteiger partial charge in [0.2, 0.25) is 0 Å². The number of fused-ring (bicyclic) bond motifs is 1. The van der Waals surface area contributed by atoms with Crippen LogP contribution < -0.4 is 4.74 Å². The Labute approximate surface area is 153 Å². The Kier molecular flexibility index (Phi) is 4.61. The molecule has 3 aromatic rings. The highest BCUT2D eigenvalue weighted by atomic mass is 16.5. The molecule has 26 heavy (non-hydrogen) atoms. The minimum atomic E-state index is 0.0776. The highest BCUT2D eigenvalue weighted by Crippen LogP contribution is 2.27. The standard InChI is InChI=1S/C21H23N3O2/c1-2-26-17-11-9-15(10-12-17)21(25)24-13-5-6-16(14-24)20-22-18-7-3-4-8-19(18)23-20/h3-4,7-12,16H,2,5-6,13-14H2,1H3,(H,22,23). The number of amides is 1. The molecular formula is C21H23N3O2. The van der Waals surface area contributed by atoms with Crippen LogP contribution in [0.5, 0.6) is 5.75 Å². The van der Waals surface area contributed by atoms with Crippen LogP contribution in [0.4, 0.5) is 0 Å². The summed E-state index contributed by atoms with van der Waals surface area (Å²) in [7, 11) is 0. The van der Waals surface area contributed by atoms with Crippen LogP contribution in [0.3, 0.4) is 0 Å². The van der Waals surface area contributed by atoms with Crippen molar-refractivity contribution in [2.45, 2.75) is 25.7 Å². The number of rotatable bonds is 4. The largest absolute Gasteiger partial charge is 0.494 e. The second-order valence-corrected chi connectivity index (χ2v) is 6.69. The number of H-pyrrole nitrogens is 1. The fourth-order valence-corrected chi connectivity index (χ4v) is 3.59. The van der Waals surface area contributed by atoms with Gasteiger partial charge in [-0.3, -0.25) is 4.79 Å². The maximum Gasteiger partial charge on any atom is 0.253 e. The van der Waals surface area contributed by atoms with Crippen molar-refractivity contribution >= 4 is 16.9 Å². The van der Waals surface area contributed by atoms with E-state index in [1.807, 2.05) is 60.4 Å². The number of imidazole rings is 1. The molecule has 0 radical (unpaired) electrons. The second kappa shape index (κ2) is 7.20. The van der Waals surface area contributed by atoms with E-state index in [9.17, 15) is 4.79 Å². The molecule has 1 aliphatic rings. The number of nitrogens with zero attached hydrogens (tertiary/aromatic N) is 2. The fraction of sp³-hybridized carbons (Fsp3) is 0.333. The van der Waals surface area contributed by atoms with Gasteiger partial charge in [-0.15, -0.1) is 0 Å². The molecule has 1 aromatic heterocycles. The number of piperidine rings is 1. The van der Waals surface area contributed by atoms with Crippen molar-refractivity contribution in [2.24, 2.45) is 0 Å². The number of likely N-dealkylation sites (tertiary alicyclic amines) is 1. The zero-order valence-corrected chi connectivity index (χ0v) is 14.9. The molecule has 0 spiro atoms. The molecule has 1 fully saturated rings. The van der Waals surface area contributed by atoms with Gasteiger partial charge in [0.15, 0.2) is 0 Å². The molecule has 2 aromatic carbocycles. The highest BCUT2D eigenvalue weighted by molar-refractivity contribution is 5.94. The van der Waals surface area contributed by atoms with Crippen LogP contribution in [0.25, 0.3) is 11.0 Å². The molecule has 1 atom stereocenters. The highest BCUT2D eigenvalue weighted by Gasteiger charge is 2.27. The van der Waals surface area contributed by atoms with E-state index in [1.54, 1.807) is 0 Å². The molecule has 0 saturated carbocycles. The lowest BCUT2D eigenvalue weighted by molar-refractivity contribution is 0.0705. The lowest BCUT2D eigenvalue weighted by Crippen LogP contribution is -2.39. The first-order chi connectivity index (χ1) is 12.7. The third kappa shape index (κ3) is 3.29. The summed E-state index contributed by atoms with van der Waals surface area (Å²) in [4.78, 5) is 23.0. The number of ether oxygens (including phenoxy) is 1. The number of carbonyl (C=O) groups excluding carboxylic acids is 1. The maximum absolute atomic E-state index is 12.9. The van der Waals surface area contributed by atoms with E-state index in [1.165, 1.54) is 0 Å². The van der Waals surface area contributed by atoms with Crippen LogP contribution in [-0.4, -0.2) is 40.5 Å². The summed E-state index contributed by atoms with van der Waals surface area (Å²) in [6, 6.07) is 15.5. The molecular weight excluding hydrogens is 326 g/mol. The maximum atomic E-state index is 12.9. The van der Waals surface area contributed by atoms with Gasteiger partial charge in [-0.1, -0.05) is 12.1 Å². The molecule has 5 nitrogen and oxygen atoms in total. The monoisotopic (exact) mass is 349 g/mol. The number of hydrogen-bond acceptors (Lipinski definition) is 3. The molecule has 4 rings (SSSR count). The second-order valence-electron chi connectivity index (χ2n) is 6.69. The number of nitrogens with one attached hydrogen (secondary N) is 1. The number of benzene rings is 2. The van der Waals surface area contributed by atoms with Crippen LogP contribution >= 0.6 is 0 Å². The Morgan fingerprint density at radius 2 is 2.04 bits per heavy atom. The normalized spacial score (nSPS) is 17.4. The number of aromatic amines is 1. The quantitative estimate of drug-likeness (QED) is 0.775. The minimum absolute atomic E-state index is 0.0776. The summed E-state index contributed by atoms with van der Waals surface area (Å²) in [6.45, 7) is 4.07. The predicted molar refractivity (Wildman–Crippen MR) is 102 cm³/mol. The number of para-hydroxylation sites is 2. The van der Waals surface area contributed by atoms with Crippen molar-refractivity contribution in [3.8, 4) is 5.75 Å². The Balaban J connectivity index is 1.49. The van der Waals surface area contributed by atoms with Gasteiger partial charge in [-0.25, -0.2) is 4.98 Å². The molecule has 1 aliphatic heterocycles. The summed E-state index contributed by atoms with van der Waals surface area (Å²) < 4.78 is 5.45. The zero-order chi connectivity index (χ0) is 17.9. The lowest BCUT2D eigenvalue weighted by atomic mass is 9.96. The number of hydrogen-bond donors (Lipinski definition) is 1. The molecule has 1 unspecified atom stereocenters. The first kappa shape index (κ1) is 16.6. The zero-order valence-electron chi connectivity index (χ0n) is 14.9. The van der Waals surface area contributed by atoms with Crippen LogP contribution in [0.1, 0.15) is 41.9 Å². The van der Waals surface area contributed by atoms with Gasteiger partial charge in [0.05, 0.1) is 17.6 Å². The number of carbonyl (C=O) groups is 1. The summed E-state index contributed by atoms with van der Waals surface area (Å²) >= 11 is 0. The molecule has 1 amide bonds. The van der Waals surface area contributed by atoms with Crippen LogP contribution in [-0.2, 0) is 0 Å². The van der Waals surface area contributed by atoms with E-state index in [2.05, 4.69) is 4.98 Å². The van der Waals surface area contributed by atoms with Crippen LogP contribution in [0, 0.1) is 0 Å². The minimum Gasteiger partial charge on any atom is -0.494 e. The first-order valence-corrected chi connectivity index (χ1v) is 9.21. The van der Waals surface area contributed by atoms with Gasteiger partial charge < -0.3 is 14.6 Å². The van der Waals surface area contributed by atoms with E-state index in [0.717, 1.165) is 42.0 Å². The molecule has 134 valence electrons. The van der Waals surface area contributed by atoms with E-state index in [4.69, 9.17) is 9.72 Å². The molecule has 1 N–H and O–H groups in total. The van der Waals surface area contributed by atoms with Crippen LogP contribution in [0.2, 0.25) is 0 Å². The van der Waals surface area contributed by atoms with Crippen molar-refractivity contribution in [3.05, 3.63) is 59.9 Å². The van der Waals surface area contributed by atoms with Crippen molar-refractivity contribution in [1.29, 1.82) is 0 Å². The van der Waals surface area contributed by atoms with Crippen molar-refractivity contribution < 1.29 is 9.53 Å². The number of aromatic nitrogens is 2. The Hall–Kier alpha value is -2.82. The van der Waals surface area contributed by atoms with Crippen LogP contribution in [0.15, 0.2) is 48.5 Å². The van der Waals surface area contributed by atoms with Gasteiger partial charge in [0, 0.05) is 24.6 Å². The van der Waals surface area contributed by atoms with Crippen molar-refractivity contribution in [1.82, 2.24) is 14.9 Å². The molecule has 0 bridgehead atoms. The lowest BCUT2D eigenvalue weighted by Gasteiger charge is -2.32. The molecule has 5 heteroatoms. The van der Waals surface area contributed by atoms with E-state index in [0.29, 0.717) is 18.7 Å². The van der Waals surface area contributed by atoms with Crippen molar-refractivity contribution in [2.75, 3.05) is 19.7 Å². The van der Waals surface area contributed by atoms with Crippen molar-refractivity contribution in [3.63, 3.8) is 0 Å². The molecule has 1 saturated heterocycles. The van der Waals surface area contributed by atoms with Gasteiger partial charge in [0.1, 0.15) is 11.6 Å². The van der Waals surface area contributed by atoms with Gasteiger partial charge in [-0.05, 0) is 56.2 Å². The Morgan fingerprint density at radius 1 is 1.23 bits per heavy atom. The topological polar surface area (TPSA) is 58.2 Å². The Morgan fingerprint density at radius 3 is 2.81 bits per heavy atom. The molecule has 2 heterocycles. The smallest absolute Gasteiger partial charge is 0.253 e. The average Bonchev–Trinajstić information content (AvgIpc) is 3.13. The summed E-state index contributed by atoms with van der Waals surface area (Å²) in [5.74, 6) is 2.11. The SMILES string of the molecule is CCOc1ccc(C(=O)N2CCCC(c3nc4ccccc4[nH]3)C2)cc1. The summed E-state index contributed by atoms with van der Waals surface area (Å²) in [5.41, 5.74) is 2.74. The average molecular weight is 349 g/mol. The molecule has 0 aliphatic carbocycles. The third-order valence-electron chi connectivity index (χ3n) is 4.92. The van der Waals surface area contributed by atoms with Gasteiger partial charge >= 0.3 is 0 Å². The fourth-order valence-electron chi connectivity index (χ4n) is 3.59. The van der Waals surface area contributed by atoms with E-state index >= 15 is 0 Å². The van der Waals surface area contributed by atoms with Gasteiger partial charge in [0.25, 0.3) is 5.91 Å². The van der Waals surface area contributed by atoms with E-state index < -0.39 is 0 Å².